The second-order valence-electron chi connectivity index (χ2n) is 3.77. The van der Waals surface area contributed by atoms with E-state index in [0.29, 0.717) is 6.04 Å². The first-order chi connectivity index (χ1) is 7.18. The summed E-state index contributed by atoms with van der Waals surface area (Å²) in [6, 6.07) is 4.77. The smallest absolute Gasteiger partial charge is 0.0244 e. The van der Waals surface area contributed by atoms with Crippen LogP contribution in [0.5, 0.6) is 0 Å². The van der Waals surface area contributed by atoms with E-state index in [9.17, 15) is 4.21 Å². The van der Waals surface area contributed by atoms with Crippen molar-refractivity contribution < 1.29 is 4.21 Å². The maximum absolute atomic E-state index is 10.8. The van der Waals surface area contributed by atoms with Crippen molar-refractivity contribution in [3.63, 3.8) is 0 Å². The van der Waals surface area contributed by atoms with E-state index >= 15 is 0 Å². The summed E-state index contributed by atoms with van der Waals surface area (Å²) in [7, 11) is -0.650. The largest absolute Gasteiger partial charge is 0.314 e. The molecular formula is C11H19NOS2. The second-order valence-corrected chi connectivity index (χ2v) is 6.36. The van der Waals surface area contributed by atoms with Crippen molar-refractivity contribution in [1.82, 2.24) is 5.32 Å². The average Bonchev–Trinajstić information content (AvgIpc) is 2.64. The van der Waals surface area contributed by atoms with Gasteiger partial charge in [-0.05, 0) is 37.8 Å². The van der Waals surface area contributed by atoms with Gasteiger partial charge in [-0.2, -0.15) is 0 Å². The molecule has 1 heterocycles. The number of nitrogens with one attached hydrogen (secondary N) is 1. The Bertz CT molecular complexity index is 285. The summed E-state index contributed by atoms with van der Waals surface area (Å²) in [5.74, 6) is 0.804. The molecule has 0 radical (unpaired) electrons. The Morgan fingerprint density at radius 3 is 3.00 bits per heavy atom. The number of thiophene rings is 1. The van der Waals surface area contributed by atoms with E-state index in [4.69, 9.17) is 0 Å². The Morgan fingerprint density at radius 2 is 2.40 bits per heavy atom. The van der Waals surface area contributed by atoms with Gasteiger partial charge in [-0.3, -0.25) is 4.21 Å². The Labute approximate surface area is 98.6 Å². The zero-order chi connectivity index (χ0) is 11.1. The molecule has 0 saturated heterocycles. The molecule has 0 fully saturated rings. The second kappa shape index (κ2) is 7.14. The van der Waals surface area contributed by atoms with Gasteiger partial charge in [0.15, 0.2) is 0 Å². The van der Waals surface area contributed by atoms with E-state index in [1.165, 1.54) is 4.88 Å². The minimum absolute atomic E-state index is 0.508. The van der Waals surface area contributed by atoms with Gasteiger partial charge in [0.1, 0.15) is 0 Å². The third kappa shape index (κ3) is 6.07. The lowest BCUT2D eigenvalue weighted by atomic mass is 10.2. The van der Waals surface area contributed by atoms with Gasteiger partial charge in [0.25, 0.3) is 0 Å². The van der Waals surface area contributed by atoms with Crippen molar-refractivity contribution in [2.75, 3.05) is 18.6 Å². The van der Waals surface area contributed by atoms with Crippen molar-refractivity contribution >= 4 is 22.1 Å². The summed E-state index contributed by atoms with van der Waals surface area (Å²) in [4.78, 5) is 1.43. The fourth-order valence-corrected chi connectivity index (χ4v) is 2.81. The Kier molecular flexibility index (Phi) is 6.13. The molecule has 0 saturated carbocycles. The molecule has 0 aliphatic heterocycles. The highest BCUT2D eigenvalue weighted by molar-refractivity contribution is 7.84. The van der Waals surface area contributed by atoms with E-state index in [1.54, 1.807) is 17.6 Å². The minimum atomic E-state index is -0.650. The zero-order valence-corrected chi connectivity index (χ0v) is 11.0. The van der Waals surface area contributed by atoms with Crippen LogP contribution in [0.25, 0.3) is 0 Å². The summed E-state index contributed by atoms with van der Waals surface area (Å²) in [6.07, 6.45) is 3.85. The predicted octanol–water partition coefficient (Wildman–Crippen LogP) is 2.04. The summed E-state index contributed by atoms with van der Waals surface area (Å²) >= 11 is 1.81. The summed E-state index contributed by atoms with van der Waals surface area (Å²) in [5, 5.41) is 5.56. The predicted molar refractivity (Wildman–Crippen MR) is 69.0 cm³/mol. The van der Waals surface area contributed by atoms with Crippen molar-refractivity contribution in [3.05, 3.63) is 22.4 Å². The fourth-order valence-electron chi connectivity index (χ4n) is 1.43. The lowest BCUT2D eigenvalue weighted by Crippen LogP contribution is -2.29. The van der Waals surface area contributed by atoms with Crippen LogP contribution in [0.3, 0.4) is 0 Å². The molecule has 2 atom stereocenters. The SMILES string of the molecule is CC(Cc1cccs1)NCCCS(C)=O. The molecule has 86 valence electrons. The van der Waals surface area contributed by atoms with Gasteiger partial charge in [-0.25, -0.2) is 0 Å². The topological polar surface area (TPSA) is 29.1 Å². The third-order valence-corrected chi connectivity index (χ3v) is 3.95. The van der Waals surface area contributed by atoms with Gasteiger partial charge in [-0.15, -0.1) is 11.3 Å². The van der Waals surface area contributed by atoms with E-state index in [1.807, 2.05) is 0 Å². The minimum Gasteiger partial charge on any atom is -0.314 e. The summed E-state index contributed by atoms with van der Waals surface area (Å²) < 4.78 is 10.8. The fraction of sp³-hybridized carbons (Fsp3) is 0.636. The molecule has 0 aliphatic rings. The van der Waals surface area contributed by atoms with Crippen molar-refractivity contribution in [2.24, 2.45) is 0 Å². The Balaban J connectivity index is 2.08. The first-order valence-electron chi connectivity index (χ1n) is 5.24. The van der Waals surface area contributed by atoms with Gasteiger partial charge in [0, 0.05) is 33.7 Å². The quantitative estimate of drug-likeness (QED) is 0.745. The third-order valence-electron chi connectivity index (χ3n) is 2.19. The molecular weight excluding hydrogens is 226 g/mol. The van der Waals surface area contributed by atoms with Gasteiger partial charge in [-0.1, -0.05) is 6.07 Å². The Hall–Kier alpha value is -0.190. The molecule has 15 heavy (non-hydrogen) atoms. The monoisotopic (exact) mass is 245 g/mol. The van der Waals surface area contributed by atoms with Crippen LogP contribution in [-0.2, 0) is 17.2 Å². The van der Waals surface area contributed by atoms with Gasteiger partial charge in [0.05, 0.1) is 0 Å². The van der Waals surface area contributed by atoms with E-state index < -0.39 is 10.8 Å². The van der Waals surface area contributed by atoms with Crippen LogP contribution in [0.2, 0.25) is 0 Å². The van der Waals surface area contributed by atoms with Crippen molar-refractivity contribution in [1.29, 1.82) is 0 Å². The molecule has 0 spiro atoms. The maximum Gasteiger partial charge on any atom is 0.0244 e. The lowest BCUT2D eigenvalue weighted by Gasteiger charge is -2.12. The standard InChI is InChI=1S/C11H19NOS2/c1-10(9-11-5-3-7-14-11)12-6-4-8-15(2)13/h3,5,7,10,12H,4,6,8-9H2,1-2H3. The molecule has 2 unspecified atom stereocenters. The molecule has 1 rings (SSSR count). The molecule has 1 aromatic rings. The molecule has 2 nitrogen and oxygen atoms in total. The summed E-state index contributed by atoms with van der Waals surface area (Å²) in [5.41, 5.74) is 0. The normalized spacial score (nSPS) is 15.1. The summed E-state index contributed by atoms with van der Waals surface area (Å²) in [6.45, 7) is 3.16. The van der Waals surface area contributed by atoms with Crippen LogP contribution in [0.4, 0.5) is 0 Å². The average molecular weight is 245 g/mol. The number of hydrogen-bond acceptors (Lipinski definition) is 3. The zero-order valence-electron chi connectivity index (χ0n) is 9.36. The molecule has 1 aromatic heterocycles. The van der Waals surface area contributed by atoms with Crippen LogP contribution < -0.4 is 5.32 Å². The first-order valence-corrected chi connectivity index (χ1v) is 7.85. The molecule has 1 N–H and O–H groups in total. The van der Waals surface area contributed by atoms with Crippen molar-refractivity contribution in [2.45, 2.75) is 25.8 Å². The maximum atomic E-state index is 10.8. The van der Waals surface area contributed by atoms with Gasteiger partial charge < -0.3 is 5.32 Å². The molecule has 0 aromatic carbocycles. The highest BCUT2D eigenvalue weighted by atomic mass is 32.2. The van der Waals surface area contributed by atoms with Crippen LogP contribution in [0.15, 0.2) is 17.5 Å². The van der Waals surface area contributed by atoms with Crippen LogP contribution in [0, 0.1) is 0 Å². The van der Waals surface area contributed by atoms with Crippen LogP contribution >= 0.6 is 11.3 Å². The van der Waals surface area contributed by atoms with E-state index in [0.717, 1.165) is 25.1 Å². The van der Waals surface area contributed by atoms with Crippen LogP contribution in [-0.4, -0.2) is 28.8 Å². The molecule has 0 amide bonds. The number of hydrogen-bond donors (Lipinski definition) is 1. The van der Waals surface area contributed by atoms with Gasteiger partial charge in [0.2, 0.25) is 0 Å². The lowest BCUT2D eigenvalue weighted by molar-refractivity contribution is 0.547. The van der Waals surface area contributed by atoms with Crippen molar-refractivity contribution in [3.8, 4) is 0 Å². The first kappa shape index (κ1) is 12.9. The Morgan fingerprint density at radius 1 is 1.60 bits per heavy atom. The number of rotatable bonds is 7. The molecule has 0 aliphatic carbocycles. The molecule has 4 heteroatoms. The molecule has 0 bridgehead atoms. The van der Waals surface area contributed by atoms with Crippen LogP contribution in [0.1, 0.15) is 18.2 Å². The van der Waals surface area contributed by atoms with E-state index in [2.05, 4.69) is 29.8 Å². The van der Waals surface area contributed by atoms with Gasteiger partial charge >= 0.3 is 0 Å². The van der Waals surface area contributed by atoms with E-state index in [-0.39, 0.29) is 0 Å². The highest BCUT2D eigenvalue weighted by Gasteiger charge is 2.03. The highest BCUT2D eigenvalue weighted by Crippen LogP contribution is 2.10.